The maximum absolute atomic E-state index is 1.68. The zero-order chi connectivity index (χ0) is 13.4. The molecule has 0 radical (unpaired) electrons. The Bertz CT molecular complexity index is 285. The van der Waals surface area contributed by atoms with Gasteiger partial charge in [0, 0.05) is 0 Å². The summed E-state index contributed by atoms with van der Waals surface area (Å²) in [6.45, 7) is 0. The first-order chi connectivity index (χ1) is 9.93. The molecule has 4 rings (SSSR count). The quantitative estimate of drug-likeness (QED) is 0.548. The van der Waals surface area contributed by atoms with Crippen LogP contribution in [0, 0.1) is 0 Å². The minimum Gasteiger partial charge on any atom is -0.0997 e. The van der Waals surface area contributed by atoms with E-state index in [2.05, 4.69) is 0 Å². The van der Waals surface area contributed by atoms with Gasteiger partial charge in [-0.05, 0) is 86.3 Å². The van der Waals surface area contributed by atoms with Crippen molar-refractivity contribution in [2.24, 2.45) is 0 Å². The molecule has 2 heteroatoms. The highest BCUT2D eigenvalue weighted by Crippen LogP contribution is 2.68. The third kappa shape index (κ3) is 2.74. The van der Waals surface area contributed by atoms with E-state index in [1.807, 2.05) is 0 Å². The van der Waals surface area contributed by atoms with Crippen molar-refractivity contribution in [3.05, 3.63) is 0 Å². The first kappa shape index (κ1) is 14.5. The molecule has 0 bridgehead atoms. The van der Waals surface area contributed by atoms with E-state index in [1.165, 1.54) is 22.6 Å². The van der Waals surface area contributed by atoms with Gasteiger partial charge in [-0.1, -0.05) is 41.5 Å². The summed E-state index contributed by atoms with van der Waals surface area (Å²) in [5.74, 6) is 0. The monoisotopic (exact) mass is 310 g/mol. The fourth-order valence-corrected chi connectivity index (χ4v) is 14.7. The second kappa shape index (κ2) is 6.54. The van der Waals surface area contributed by atoms with Crippen LogP contribution in [0.1, 0.15) is 77.0 Å². The molecule has 0 spiro atoms. The Kier molecular flexibility index (Phi) is 4.73. The average molecular weight is 310 g/mol. The van der Waals surface area contributed by atoms with Gasteiger partial charge in [-0.2, -0.15) is 0 Å². The molecule has 4 fully saturated rings. The maximum Gasteiger partial charge on any atom is -0.0139 e. The Hall–Kier alpha value is 0.860. The summed E-state index contributed by atoms with van der Waals surface area (Å²) in [7, 11) is 0.909. The van der Waals surface area contributed by atoms with E-state index in [9.17, 15) is 0 Å². The predicted octanol–water partition coefficient (Wildman–Crippen LogP) is 6.16. The summed E-state index contributed by atoms with van der Waals surface area (Å²) in [6.07, 6.45) is 22.6. The third-order valence-electron chi connectivity index (χ3n) is 6.72. The molecule has 0 aromatic carbocycles. The molecule has 2 heterocycles. The molecule has 2 saturated heterocycles. The minimum atomic E-state index is 0.455. The van der Waals surface area contributed by atoms with Crippen molar-refractivity contribution in [1.29, 1.82) is 0 Å². The number of hydrogen-bond acceptors (Lipinski definition) is 0. The van der Waals surface area contributed by atoms with Crippen molar-refractivity contribution in [3.8, 4) is 0 Å². The predicted molar refractivity (Wildman–Crippen MR) is 94.1 cm³/mol. The molecule has 2 saturated carbocycles. The molecule has 4 atom stereocenters. The Morgan fingerprint density at radius 2 is 0.850 bits per heavy atom. The van der Waals surface area contributed by atoms with Crippen molar-refractivity contribution < 1.29 is 0 Å². The molecular weight excluding hydrogens is 278 g/mol. The zero-order valence-electron chi connectivity index (χ0n) is 13.1. The van der Waals surface area contributed by atoms with Crippen molar-refractivity contribution in [1.82, 2.24) is 0 Å². The van der Waals surface area contributed by atoms with Crippen LogP contribution in [0.15, 0.2) is 0 Å². The van der Waals surface area contributed by atoms with Gasteiger partial charge in [-0.15, -0.1) is 0 Å². The summed E-state index contributed by atoms with van der Waals surface area (Å²) in [6, 6.07) is 0. The van der Waals surface area contributed by atoms with Crippen LogP contribution in [0.4, 0.5) is 0 Å². The third-order valence-corrected chi connectivity index (χ3v) is 14.5. The lowest BCUT2D eigenvalue weighted by atomic mass is 10.1. The number of hydrogen-bond donors (Lipinski definition) is 0. The summed E-state index contributed by atoms with van der Waals surface area (Å²) >= 11 is 0. The molecule has 0 nitrogen and oxygen atoms in total. The lowest BCUT2D eigenvalue weighted by Crippen LogP contribution is -2.23. The van der Waals surface area contributed by atoms with E-state index >= 15 is 0 Å². The Labute approximate surface area is 128 Å². The fourth-order valence-electron chi connectivity index (χ4n) is 5.83. The molecular formula is C18H32P2. The molecule has 4 aliphatic rings. The number of rotatable bonds is 3. The highest BCUT2D eigenvalue weighted by molar-refractivity contribution is 7.64. The highest BCUT2D eigenvalue weighted by Gasteiger charge is 2.44. The lowest BCUT2D eigenvalue weighted by Gasteiger charge is -2.36. The van der Waals surface area contributed by atoms with Gasteiger partial charge >= 0.3 is 0 Å². The zero-order valence-corrected chi connectivity index (χ0v) is 14.9. The fraction of sp³-hybridized carbons (Fsp3) is 1.00. The standard InChI is InChI=1S/C18H32P2/c1-2-8-15(7-1)19-13-5-11-17(19)18-12-6-14-20(18)16-9-3-4-10-16/h15-18H,1-14H2/t17-,18?,19?,20?/m1/s1. The van der Waals surface area contributed by atoms with Crippen molar-refractivity contribution in [2.45, 2.75) is 99.7 Å². The second-order valence-corrected chi connectivity index (χ2v) is 13.5. The van der Waals surface area contributed by atoms with Crippen LogP contribution in [0.3, 0.4) is 0 Å². The molecule has 0 N–H and O–H groups in total. The van der Waals surface area contributed by atoms with Gasteiger partial charge in [0.25, 0.3) is 0 Å². The van der Waals surface area contributed by atoms with E-state index in [-0.39, 0.29) is 0 Å². The van der Waals surface area contributed by atoms with Gasteiger partial charge in [0.2, 0.25) is 0 Å². The molecule has 114 valence electrons. The van der Waals surface area contributed by atoms with E-state index in [0.29, 0.717) is 15.8 Å². The van der Waals surface area contributed by atoms with E-state index in [0.717, 1.165) is 0 Å². The van der Waals surface area contributed by atoms with Gasteiger partial charge in [0.15, 0.2) is 0 Å². The van der Waals surface area contributed by atoms with Gasteiger partial charge in [0.1, 0.15) is 0 Å². The summed E-state index contributed by atoms with van der Waals surface area (Å²) in [4.78, 5) is 0. The van der Waals surface area contributed by atoms with E-state index < -0.39 is 0 Å². The lowest BCUT2D eigenvalue weighted by molar-refractivity contribution is 0.686. The van der Waals surface area contributed by atoms with Crippen LogP contribution in [0.2, 0.25) is 0 Å². The van der Waals surface area contributed by atoms with Crippen LogP contribution in [-0.2, 0) is 0 Å². The molecule has 0 amide bonds. The smallest absolute Gasteiger partial charge is 0.0139 e. The largest absolute Gasteiger partial charge is 0.0997 e. The van der Waals surface area contributed by atoms with E-state index in [1.54, 1.807) is 89.4 Å². The van der Waals surface area contributed by atoms with E-state index in [4.69, 9.17) is 0 Å². The Morgan fingerprint density at radius 1 is 0.450 bits per heavy atom. The van der Waals surface area contributed by atoms with Gasteiger partial charge < -0.3 is 0 Å². The average Bonchev–Trinajstić information content (AvgIpc) is 3.23. The molecule has 20 heavy (non-hydrogen) atoms. The molecule has 0 aromatic rings. The highest BCUT2D eigenvalue weighted by atomic mass is 31.1. The summed E-state index contributed by atoms with van der Waals surface area (Å²) < 4.78 is 0. The normalized spacial score (nSPS) is 43.8. The molecule has 2 aliphatic heterocycles. The van der Waals surface area contributed by atoms with Crippen LogP contribution >= 0.6 is 15.8 Å². The Morgan fingerprint density at radius 3 is 1.25 bits per heavy atom. The van der Waals surface area contributed by atoms with Crippen LogP contribution in [0.5, 0.6) is 0 Å². The first-order valence-electron chi connectivity index (χ1n) is 9.45. The van der Waals surface area contributed by atoms with Crippen LogP contribution in [0.25, 0.3) is 0 Å². The molecule has 3 unspecified atom stereocenters. The van der Waals surface area contributed by atoms with Gasteiger partial charge in [-0.25, -0.2) is 0 Å². The van der Waals surface area contributed by atoms with Gasteiger partial charge in [0.05, 0.1) is 0 Å². The van der Waals surface area contributed by atoms with Crippen molar-refractivity contribution >= 4 is 15.8 Å². The van der Waals surface area contributed by atoms with Crippen molar-refractivity contribution in [2.75, 3.05) is 12.3 Å². The summed E-state index contributed by atoms with van der Waals surface area (Å²) in [5, 5.41) is 0. The van der Waals surface area contributed by atoms with Crippen molar-refractivity contribution in [3.63, 3.8) is 0 Å². The SMILES string of the molecule is C1CCC(P2CCCC2[C@H]2CCCP2C2CCCC2)C1. The van der Waals surface area contributed by atoms with Gasteiger partial charge in [-0.3, -0.25) is 0 Å². The molecule has 2 aliphatic carbocycles. The summed E-state index contributed by atoms with van der Waals surface area (Å²) in [5.41, 5.74) is 4.95. The van der Waals surface area contributed by atoms with Crippen LogP contribution < -0.4 is 0 Å². The minimum absolute atomic E-state index is 0.455. The first-order valence-corrected chi connectivity index (χ1v) is 12.8. The molecule has 0 aromatic heterocycles. The van der Waals surface area contributed by atoms with Crippen LogP contribution in [-0.4, -0.2) is 35.0 Å². The maximum atomic E-state index is 1.68. The Balaban J connectivity index is 1.46. The second-order valence-electron chi connectivity index (χ2n) is 7.77. The topological polar surface area (TPSA) is 0 Å².